The molecule has 0 amide bonds. The summed E-state index contributed by atoms with van der Waals surface area (Å²) in [6.07, 6.45) is 1.45. The summed E-state index contributed by atoms with van der Waals surface area (Å²) in [5, 5.41) is 10.1. The molecule has 19 heavy (non-hydrogen) atoms. The lowest BCUT2D eigenvalue weighted by Crippen LogP contribution is -2.50. The largest absolute Gasteiger partial charge is 0.386 e. The van der Waals surface area contributed by atoms with Crippen molar-refractivity contribution < 1.29 is 9.84 Å². The lowest BCUT2D eigenvalue weighted by Gasteiger charge is -2.47. The molecule has 1 spiro atoms. The van der Waals surface area contributed by atoms with Gasteiger partial charge < -0.3 is 14.7 Å². The smallest absolute Gasteiger partial charge is 0.105 e. The molecule has 3 heterocycles. The van der Waals surface area contributed by atoms with Crippen LogP contribution in [0.4, 0.5) is 0 Å². The number of nitrogens with zero attached hydrogens (tertiary/aromatic N) is 1. The van der Waals surface area contributed by atoms with Crippen LogP contribution < -0.4 is 0 Å². The summed E-state index contributed by atoms with van der Waals surface area (Å²) in [6, 6.07) is 2.41. The van der Waals surface area contributed by atoms with Crippen molar-refractivity contribution in [3.05, 3.63) is 20.8 Å². The van der Waals surface area contributed by atoms with Gasteiger partial charge in [0, 0.05) is 23.0 Å². The number of hydrogen-bond acceptors (Lipinski definition) is 4. The molecule has 0 bridgehead atoms. The Hall–Kier alpha value is -0.130. The Bertz CT molecular complexity index is 478. The van der Waals surface area contributed by atoms with E-state index in [1.165, 1.54) is 0 Å². The Morgan fingerprint density at radius 3 is 3.11 bits per heavy atom. The molecule has 0 unspecified atom stereocenters. The molecule has 3 atom stereocenters. The van der Waals surface area contributed by atoms with E-state index in [2.05, 4.69) is 18.7 Å². The molecule has 1 saturated heterocycles. The summed E-state index contributed by atoms with van der Waals surface area (Å²) in [7, 11) is 0. The van der Waals surface area contributed by atoms with Gasteiger partial charge in [-0.1, -0.05) is 18.5 Å². The van der Waals surface area contributed by atoms with E-state index in [-0.39, 0.29) is 5.60 Å². The highest BCUT2D eigenvalue weighted by molar-refractivity contribution is 7.16. The average Bonchev–Trinajstić information content (AvgIpc) is 2.78. The minimum absolute atomic E-state index is 0.225. The number of thiophene rings is 1. The number of aliphatic hydroxyl groups excluding tert-OH is 1. The number of piperidine rings is 1. The molecule has 1 fully saturated rings. The highest BCUT2D eigenvalue weighted by Crippen LogP contribution is 2.50. The fourth-order valence-electron chi connectivity index (χ4n) is 3.43. The molecule has 3 nitrogen and oxygen atoms in total. The van der Waals surface area contributed by atoms with Crippen LogP contribution in [0.25, 0.3) is 0 Å². The van der Waals surface area contributed by atoms with Crippen LogP contribution in [0.15, 0.2) is 6.07 Å². The molecule has 2 aliphatic rings. The van der Waals surface area contributed by atoms with Crippen LogP contribution in [0.2, 0.25) is 4.34 Å². The molecule has 0 radical (unpaired) electrons. The number of ether oxygens (including phenoxy) is 1. The standard InChI is InChI=1S/C14H20ClNO2S/c1-3-16-5-4-14(7-9(16)2)13-10(6-12(15)19-13)11(17)8-18-14/h6,9,11,17H,3-5,7-8H2,1-2H3/t9-,11+,14+/m0/s1. The zero-order chi connectivity index (χ0) is 13.6. The first-order valence-electron chi connectivity index (χ1n) is 6.91. The maximum atomic E-state index is 10.1. The normalized spacial score (nSPS) is 35.6. The molecule has 1 aromatic rings. The molecule has 0 saturated carbocycles. The second-order valence-corrected chi connectivity index (χ2v) is 7.27. The lowest BCUT2D eigenvalue weighted by atomic mass is 9.81. The van der Waals surface area contributed by atoms with Gasteiger partial charge >= 0.3 is 0 Å². The summed E-state index contributed by atoms with van der Waals surface area (Å²) in [5.41, 5.74) is 0.760. The monoisotopic (exact) mass is 301 g/mol. The summed E-state index contributed by atoms with van der Waals surface area (Å²) in [4.78, 5) is 3.63. The van der Waals surface area contributed by atoms with Gasteiger partial charge in [0.1, 0.15) is 11.7 Å². The van der Waals surface area contributed by atoms with E-state index >= 15 is 0 Å². The first-order chi connectivity index (χ1) is 9.05. The molecular formula is C14H20ClNO2S. The molecule has 1 aromatic heterocycles. The average molecular weight is 302 g/mol. The van der Waals surface area contributed by atoms with Crippen LogP contribution >= 0.6 is 22.9 Å². The van der Waals surface area contributed by atoms with Gasteiger partial charge in [0.15, 0.2) is 0 Å². The van der Waals surface area contributed by atoms with Gasteiger partial charge in [0.2, 0.25) is 0 Å². The molecule has 1 N–H and O–H groups in total. The maximum absolute atomic E-state index is 10.1. The Morgan fingerprint density at radius 1 is 1.63 bits per heavy atom. The Labute approximate surface area is 123 Å². The number of rotatable bonds is 1. The minimum atomic E-state index is -0.524. The number of likely N-dealkylation sites (tertiary alicyclic amines) is 1. The number of aliphatic hydroxyl groups is 1. The Kier molecular flexibility index (Phi) is 3.65. The van der Waals surface area contributed by atoms with Crippen molar-refractivity contribution in [3.8, 4) is 0 Å². The van der Waals surface area contributed by atoms with Crippen LogP contribution in [0, 0.1) is 0 Å². The second-order valence-electron chi connectivity index (χ2n) is 5.59. The van der Waals surface area contributed by atoms with Gasteiger partial charge in [0.05, 0.1) is 10.9 Å². The highest BCUT2D eigenvalue weighted by Gasteiger charge is 2.46. The van der Waals surface area contributed by atoms with E-state index in [1.807, 2.05) is 6.07 Å². The first-order valence-corrected chi connectivity index (χ1v) is 8.11. The Balaban J connectivity index is 1.95. The predicted octanol–water partition coefficient (Wildman–Crippen LogP) is 3.16. The van der Waals surface area contributed by atoms with E-state index in [0.717, 1.165) is 40.7 Å². The molecule has 5 heteroatoms. The SMILES string of the molecule is CCN1CC[C@]2(C[C@@H]1C)OC[C@@H](O)c1cc(Cl)sc12. The fraction of sp³-hybridized carbons (Fsp3) is 0.714. The van der Waals surface area contributed by atoms with E-state index < -0.39 is 6.10 Å². The van der Waals surface area contributed by atoms with Gasteiger partial charge in [-0.2, -0.15) is 0 Å². The zero-order valence-electron chi connectivity index (χ0n) is 11.4. The van der Waals surface area contributed by atoms with E-state index in [0.29, 0.717) is 12.6 Å². The van der Waals surface area contributed by atoms with E-state index in [9.17, 15) is 5.11 Å². The van der Waals surface area contributed by atoms with Gasteiger partial charge in [0.25, 0.3) is 0 Å². The van der Waals surface area contributed by atoms with Crippen LogP contribution in [-0.4, -0.2) is 35.7 Å². The van der Waals surface area contributed by atoms with Crippen molar-refractivity contribution in [2.45, 2.75) is 44.4 Å². The number of fused-ring (bicyclic) bond motifs is 2. The van der Waals surface area contributed by atoms with Crippen molar-refractivity contribution in [1.29, 1.82) is 0 Å². The van der Waals surface area contributed by atoms with Gasteiger partial charge in [-0.3, -0.25) is 0 Å². The number of halogens is 1. The van der Waals surface area contributed by atoms with Crippen molar-refractivity contribution in [3.63, 3.8) is 0 Å². The first kappa shape index (κ1) is 13.8. The van der Waals surface area contributed by atoms with Gasteiger partial charge in [-0.05, 0) is 32.4 Å². The number of hydrogen-bond donors (Lipinski definition) is 1. The zero-order valence-corrected chi connectivity index (χ0v) is 12.9. The molecule has 3 rings (SSSR count). The van der Waals surface area contributed by atoms with Crippen molar-refractivity contribution in [2.24, 2.45) is 0 Å². The quantitative estimate of drug-likeness (QED) is 0.865. The van der Waals surface area contributed by atoms with Crippen LogP contribution in [0.1, 0.15) is 43.2 Å². The lowest BCUT2D eigenvalue weighted by molar-refractivity contribution is -0.137. The summed E-state index contributed by atoms with van der Waals surface area (Å²) >= 11 is 7.72. The summed E-state index contributed by atoms with van der Waals surface area (Å²) in [5.74, 6) is 0. The third-order valence-corrected chi connectivity index (χ3v) is 5.94. The molecule has 106 valence electrons. The highest BCUT2D eigenvalue weighted by atomic mass is 35.5. The maximum Gasteiger partial charge on any atom is 0.105 e. The molecular weight excluding hydrogens is 282 g/mol. The Morgan fingerprint density at radius 2 is 2.42 bits per heavy atom. The van der Waals surface area contributed by atoms with Gasteiger partial charge in [-0.15, -0.1) is 11.3 Å². The molecule has 0 aromatic carbocycles. The third-order valence-electron chi connectivity index (χ3n) is 4.48. The van der Waals surface area contributed by atoms with Gasteiger partial charge in [-0.25, -0.2) is 0 Å². The van der Waals surface area contributed by atoms with E-state index in [4.69, 9.17) is 16.3 Å². The van der Waals surface area contributed by atoms with Crippen LogP contribution in [-0.2, 0) is 10.3 Å². The second kappa shape index (κ2) is 5.01. The van der Waals surface area contributed by atoms with Crippen molar-refractivity contribution in [1.82, 2.24) is 4.90 Å². The molecule has 2 aliphatic heterocycles. The van der Waals surface area contributed by atoms with Crippen LogP contribution in [0.3, 0.4) is 0 Å². The predicted molar refractivity (Wildman–Crippen MR) is 77.9 cm³/mol. The van der Waals surface area contributed by atoms with E-state index in [1.54, 1.807) is 11.3 Å². The fourth-order valence-corrected chi connectivity index (χ4v) is 4.90. The van der Waals surface area contributed by atoms with Crippen LogP contribution in [0.5, 0.6) is 0 Å². The van der Waals surface area contributed by atoms with Crippen molar-refractivity contribution >= 4 is 22.9 Å². The summed E-state index contributed by atoms with van der Waals surface area (Å²) < 4.78 is 6.85. The minimum Gasteiger partial charge on any atom is -0.386 e. The van der Waals surface area contributed by atoms with Crippen molar-refractivity contribution in [2.75, 3.05) is 19.7 Å². The molecule has 0 aliphatic carbocycles. The summed E-state index contributed by atoms with van der Waals surface area (Å²) in [6.45, 7) is 6.97. The topological polar surface area (TPSA) is 32.7 Å². The third kappa shape index (κ3) is 2.24.